The van der Waals surface area contributed by atoms with Gasteiger partial charge in [0, 0.05) is 74.9 Å². The summed E-state index contributed by atoms with van der Waals surface area (Å²) in [7, 11) is 5.70. The molecule has 19 nitrogen and oxygen atoms in total. The van der Waals surface area contributed by atoms with Crippen LogP contribution in [0.2, 0.25) is 0 Å². The van der Waals surface area contributed by atoms with E-state index in [-0.39, 0.29) is 119 Å². The minimum atomic E-state index is -0.429. The first-order valence-corrected chi connectivity index (χ1v) is 20.6. The highest BCUT2D eigenvalue weighted by Gasteiger charge is 2.29. The summed E-state index contributed by atoms with van der Waals surface area (Å²) in [6.07, 6.45) is 7.59. The van der Waals surface area contributed by atoms with E-state index in [2.05, 4.69) is 36.9 Å². The standard InChI is InChI=1S/C43H57N9O10/c1-59-34-20-36(61-3)32(18-30(34)40(55)47-15-13-44)42(57)51-28-9-5-26(6-10-28)49-38(53)24-17-25(23-46-22-24)39(54)50-27-7-11-29(12-8-27)52-43(58)33-19-31(41(56)48-16-14-45)35(60-2)21-37(33)62-4/h17-23,26-29H,5-16,44-45H2,1-4H3,(H,47,55)(H,48,56)(H,49,53)(H,50,54)(H,51,57)(H,52,58). The SMILES string of the molecule is COc1cc(OC)c(C(=O)NC2CCC(NC(=O)c3cncc(C(=O)NC4CCC(NC(=O)c5cc(C(=O)NCCN)c(OC)cc5OC)CC4)c3)CC2)cc1C(=O)NCCN. The van der Waals surface area contributed by atoms with Crippen molar-refractivity contribution in [2.45, 2.75) is 75.5 Å². The highest BCUT2D eigenvalue weighted by molar-refractivity contribution is 6.04. The van der Waals surface area contributed by atoms with Crippen LogP contribution in [0.4, 0.5) is 0 Å². The molecule has 19 heteroatoms. The molecule has 0 saturated heterocycles. The summed E-state index contributed by atoms with van der Waals surface area (Å²) in [6.45, 7) is 1.02. The fourth-order valence-corrected chi connectivity index (χ4v) is 7.59. The Morgan fingerprint density at radius 2 is 0.758 bits per heavy atom. The van der Waals surface area contributed by atoms with Crippen molar-refractivity contribution in [3.63, 3.8) is 0 Å². The lowest BCUT2D eigenvalue weighted by Crippen LogP contribution is -2.44. The number of pyridine rings is 1. The maximum atomic E-state index is 13.4. The highest BCUT2D eigenvalue weighted by Crippen LogP contribution is 2.32. The molecule has 0 radical (unpaired) electrons. The minimum Gasteiger partial charge on any atom is -0.496 e. The minimum absolute atomic E-state index is 0.161. The van der Waals surface area contributed by atoms with Gasteiger partial charge < -0.3 is 62.3 Å². The van der Waals surface area contributed by atoms with Gasteiger partial charge in [-0.1, -0.05) is 0 Å². The molecular weight excluding hydrogens is 803 g/mol. The molecule has 5 rings (SSSR count). The van der Waals surface area contributed by atoms with Crippen LogP contribution in [-0.4, -0.2) is 119 Å². The molecule has 2 saturated carbocycles. The second kappa shape index (κ2) is 22.4. The molecule has 1 aromatic heterocycles. The van der Waals surface area contributed by atoms with Gasteiger partial charge in [0.2, 0.25) is 0 Å². The molecule has 6 amide bonds. The van der Waals surface area contributed by atoms with Gasteiger partial charge in [0.05, 0.1) is 61.8 Å². The average Bonchev–Trinajstić information content (AvgIpc) is 3.30. The van der Waals surface area contributed by atoms with Crippen molar-refractivity contribution in [2.24, 2.45) is 11.5 Å². The van der Waals surface area contributed by atoms with E-state index in [1.807, 2.05) is 0 Å². The van der Waals surface area contributed by atoms with Crippen LogP contribution in [0.3, 0.4) is 0 Å². The van der Waals surface area contributed by atoms with Crippen LogP contribution in [0.1, 0.15) is 114 Å². The van der Waals surface area contributed by atoms with Crippen molar-refractivity contribution in [1.29, 1.82) is 0 Å². The highest BCUT2D eigenvalue weighted by atomic mass is 16.5. The maximum Gasteiger partial charge on any atom is 0.255 e. The number of nitrogens with one attached hydrogen (secondary N) is 6. The Morgan fingerprint density at radius 3 is 1.05 bits per heavy atom. The van der Waals surface area contributed by atoms with Crippen LogP contribution < -0.4 is 62.3 Å². The molecule has 0 spiro atoms. The Bertz CT molecular complexity index is 1960. The van der Waals surface area contributed by atoms with Crippen LogP contribution in [0.25, 0.3) is 0 Å². The molecular formula is C43H57N9O10. The number of nitrogens with zero attached hydrogens (tertiary/aromatic N) is 1. The van der Waals surface area contributed by atoms with Crippen molar-refractivity contribution in [1.82, 2.24) is 36.9 Å². The summed E-state index contributed by atoms with van der Waals surface area (Å²) in [5.41, 5.74) is 12.2. The zero-order valence-electron chi connectivity index (χ0n) is 35.5. The molecule has 0 atom stereocenters. The van der Waals surface area contributed by atoms with E-state index in [1.54, 1.807) is 0 Å². The van der Waals surface area contributed by atoms with E-state index in [9.17, 15) is 28.8 Å². The molecule has 2 fully saturated rings. The fraction of sp³-hybridized carbons (Fsp3) is 0.465. The lowest BCUT2D eigenvalue weighted by Gasteiger charge is -2.30. The zero-order chi connectivity index (χ0) is 44.8. The number of benzene rings is 2. The van der Waals surface area contributed by atoms with Crippen molar-refractivity contribution < 1.29 is 47.7 Å². The number of nitrogens with two attached hydrogens (primary N) is 2. The van der Waals surface area contributed by atoms with Gasteiger partial charge >= 0.3 is 0 Å². The molecule has 3 aromatic rings. The summed E-state index contributed by atoms with van der Waals surface area (Å²) in [5, 5.41) is 17.5. The zero-order valence-corrected chi connectivity index (χ0v) is 35.5. The first-order chi connectivity index (χ1) is 29.9. The number of carbonyl (C=O) groups excluding carboxylic acids is 6. The number of carbonyl (C=O) groups is 6. The molecule has 62 heavy (non-hydrogen) atoms. The van der Waals surface area contributed by atoms with E-state index in [0.29, 0.717) is 51.4 Å². The number of amides is 6. The van der Waals surface area contributed by atoms with Gasteiger partial charge in [-0.15, -0.1) is 0 Å². The summed E-state index contributed by atoms with van der Waals surface area (Å²) in [5.74, 6) is -1.38. The smallest absolute Gasteiger partial charge is 0.255 e. The number of hydrogen-bond acceptors (Lipinski definition) is 13. The van der Waals surface area contributed by atoms with E-state index < -0.39 is 23.6 Å². The Kier molecular flexibility index (Phi) is 16.8. The molecule has 2 aliphatic rings. The average molecular weight is 860 g/mol. The summed E-state index contributed by atoms with van der Waals surface area (Å²) < 4.78 is 21.6. The van der Waals surface area contributed by atoms with Gasteiger partial charge in [-0.2, -0.15) is 0 Å². The quantitative estimate of drug-likeness (QED) is 0.0901. The van der Waals surface area contributed by atoms with E-state index in [0.717, 1.165) is 0 Å². The van der Waals surface area contributed by atoms with Crippen LogP contribution in [0.15, 0.2) is 42.7 Å². The molecule has 1 heterocycles. The fourth-order valence-electron chi connectivity index (χ4n) is 7.59. The maximum absolute atomic E-state index is 13.4. The molecule has 0 aliphatic heterocycles. The molecule has 334 valence electrons. The second-order valence-electron chi connectivity index (χ2n) is 15.0. The first kappa shape index (κ1) is 46.6. The lowest BCUT2D eigenvalue weighted by atomic mass is 9.90. The first-order valence-electron chi connectivity index (χ1n) is 20.6. The van der Waals surface area contributed by atoms with E-state index >= 15 is 0 Å². The Balaban J connectivity index is 1.09. The van der Waals surface area contributed by atoms with Crippen molar-refractivity contribution in [3.8, 4) is 23.0 Å². The third kappa shape index (κ3) is 11.9. The summed E-state index contributed by atoms with van der Waals surface area (Å²) in [4.78, 5) is 83.0. The summed E-state index contributed by atoms with van der Waals surface area (Å²) >= 11 is 0. The van der Waals surface area contributed by atoms with E-state index in [4.69, 9.17) is 30.4 Å². The molecule has 2 aliphatic carbocycles. The van der Waals surface area contributed by atoms with Crippen molar-refractivity contribution in [2.75, 3.05) is 54.6 Å². The number of aromatic nitrogens is 1. The Labute approximate surface area is 360 Å². The third-order valence-electron chi connectivity index (χ3n) is 10.9. The van der Waals surface area contributed by atoms with E-state index in [1.165, 1.54) is 71.2 Å². The Hall–Kier alpha value is -6.47. The topological polar surface area (TPSA) is 276 Å². The van der Waals surface area contributed by atoms with Gasteiger partial charge in [0.25, 0.3) is 35.4 Å². The number of ether oxygens (including phenoxy) is 4. The molecule has 0 bridgehead atoms. The predicted molar refractivity (Wildman–Crippen MR) is 228 cm³/mol. The van der Waals surface area contributed by atoms with Gasteiger partial charge in [0.15, 0.2) is 0 Å². The molecule has 2 aromatic carbocycles. The van der Waals surface area contributed by atoms with Crippen molar-refractivity contribution >= 4 is 35.4 Å². The monoisotopic (exact) mass is 859 g/mol. The van der Waals surface area contributed by atoms with Gasteiger partial charge in [-0.25, -0.2) is 0 Å². The van der Waals surface area contributed by atoms with Crippen molar-refractivity contribution in [3.05, 3.63) is 76.1 Å². The van der Waals surface area contributed by atoms with Gasteiger partial charge in [-0.05, 0) is 69.6 Å². The Morgan fingerprint density at radius 1 is 0.468 bits per heavy atom. The normalized spacial score (nSPS) is 18.3. The van der Waals surface area contributed by atoms with Crippen LogP contribution in [0, 0.1) is 0 Å². The van der Waals surface area contributed by atoms with Crippen LogP contribution >= 0.6 is 0 Å². The lowest BCUT2D eigenvalue weighted by molar-refractivity contribution is 0.0885. The van der Waals surface area contributed by atoms with Gasteiger partial charge in [-0.3, -0.25) is 33.8 Å². The molecule has 10 N–H and O–H groups in total. The second-order valence-corrected chi connectivity index (χ2v) is 15.0. The number of hydrogen-bond donors (Lipinski definition) is 8. The largest absolute Gasteiger partial charge is 0.496 e. The van der Waals surface area contributed by atoms with Crippen LogP contribution in [-0.2, 0) is 0 Å². The van der Waals surface area contributed by atoms with Crippen LogP contribution in [0.5, 0.6) is 23.0 Å². The van der Waals surface area contributed by atoms with Gasteiger partial charge in [0.1, 0.15) is 23.0 Å². The molecule has 0 unspecified atom stereocenters. The third-order valence-corrected chi connectivity index (χ3v) is 10.9. The number of rotatable bonds is 18. The number of methoxy groups -OCH3 is 4. The summed E-state index contributed by atoms with van der Waals surface area (Å²) in [6, 6.07) is 6.70. The predicted octanol–water partition coefficient (Wildman–Crippen LogP) is 1.44.